The number of nitrogens with zero attached hydrogens (tertiary/aromatic N) is 3. The van der Waals surface area contributed by atoms with Gasteiger partial charge in [-0.3, -0.25) is 14.5 Å². The smallest absolute Gasteiger partial charge is 0.411 e. The number of amides is 3. The van der Waals surface area contributed by atoms with Gasteiger partial charge in [-0.05, 0) is 19.1 Å². The number of hydrogen-bond donors (Lipinski definition) is 2. The second-order valence-electron chi connectivity index (χ2n) is 6.34. The third-order valence-electron chi connectivity index (χ3n) is 4.45. The van der Waals surface area contributed by atoms with Crippen LogP contribution < -0.4 is 10.6 Å². The Hall–Kier alpha value is -2.84. The van der Waals surface area contributed by atoms with Crippen molar-refractivity contribution in [2.45, 2.75) is 13.5 Å². The molecule has 0 radical (unpaired) electrons. The Bertz CT molecular complexity index is 1030. The molecule has 1 aromatic carbocycles. The van der Waals surface area contributed by atoms with Gasteiger partial charge in [0.25, 0.3) is 5.91 Å². The number of benzene rings is 1. The minimum Gasteiger partial charge on any atom is -0.465 e. The Morgan fingerprint density at radius 1 is 1.36 bits per heavy atom. The van der Waals surface area contributed by atoms with Crippen LogP contribution in [0, 0.1) is 6.92 Å². The number of primary amides is 1. The number of aryl methyl sites for hydroxylation is 1. The van der Waals surface area contributed by atoms with Gasteiger partial charge in [-0.1, -0.05) is 29.3 Å². The summed E-state index contributed by atoms with van der Waals surface area (Å²) >= 11 is 12.4. The zero-order valence-electron chi connectivity index (χ0n) is 15.0. The zero-order valence-corrected chi connectivity index (χ0v) is 16.5. The van der Waals surface area contributed by atoms with Crippen LogP contribution in [-0.4, -0.2) is 46.5 Å². The number of pyridine rings is 1. The number of aromatic nitrogens is 1. The molecule has 1 aliphatic heterocycles. The Labute approximate surface area is 170 Å². The third kappa shape index (κ3) is 3.36. The molecule has 3 N–H and O–H groups in total. The molecule has 28 heavy (non-hydrogen) atoms. The van der Waals surface area contributed by atoms with Crippen molar-refractivity contribution in [3.05, 3.63) is 45.2 Å². The fourth-order valence-electron chi connectivity index (χ4n) is 3.28. The first-order chi connectivity index (χ1) is 13.1. The lowest BCUT2D eigenvalue weighted by Gasteiger charge is -2.22. The van der Waals surface area contributed by atoms with E-state index in [4.69, 9.17) is 28.9 Å². The molecule has 0 bridgehead atoms. The first-order valence-electron chi connectivity index (χ1n) is 8.15. The molecule has 0 atom stereocenters. The molecule has 3 rings (SSSR count). The van der Waals surface area contributed by atoms with Gasteiger partial charge in [0.2, 0.25) is 5.91 Å². The van der Waals surface area contributed by atoms with Crippen molar-refractivity contribution in [1.82, 2.24) is 9.88 Å². The maximum Gasteiger partial charge on any atom is 0.411 e. The van der Waals surface area contributed by atoms with Gasteiger partial charge in [0.05, 0.1) is 11.4 Å². The SMILES string of the molecule is Cc1nc2c(c(-c3ccc(Cl)cc3Cl)c1N(C)C(=O)O)CN(CC(N)=O)C2=O. The van der Waals surface area contributed by atoms with Gasteiger partial charge in [-0.2, -0.15) is 0 Å². The lowest BCUT2D eigenvalue weighted by molar-refractivity contribution is -0.118. The van der Waals surface area contributed by atoms with E-state index in [2.05, 4.69) is 4.98 Å². The quantitative estimate of drug-likeness (QED) is 0.785. The molecule has 0 unspecified atom stereocenters. The minimum absolute atomic E-state index is 0.0547. The number of hydrogen-bond acceptors (Lipinski definition) is 4. The molecule has 2 heterocycles. The van der Waals surface area contributed by atoms with Crippen LogP contribution in [0.2, 0.25) is 10.0 Å². The fourth-order valence-corrected chi connectivity index (χ4v) is 3.78. The highest BCUT2D eigenvalue weighted by atomic mass is 35.5. The number of rotatable bonds is 4. The van der Waals surface area contributed by atoms with E-state index in [1.54, 1.807) is 19.1 Å². The number of halogens is 2. The van der Waals surface area contributed by atoms with Crippen molar-refractivity contribution in [3.8, 4) is 11.1 Å². The number of nitrogens with two attached hydrogens (primary N) is 1. The average Bonchev–Trinajstić information content (AvgIpc) is 2.89. The van der Waals surface area contributed by atoms with E-state index in [1.165, 1.54) is 18.0 Å². The third-order valence-corrected chi connectivity index (χ3v) is 5.00. The number of carbonyl (C=O) groups is 3. The summed E-state index contributed by atoms with van der Waals surface area (Å²) in [5, 5.41) is 10.2. The average molecular weight is 423 g/mol. The predicted octanol–water partition coefficient (Wildman–Crippen LogP) is 2.92. The van der Waals surface area contributed by atoms with E-state index in [0.717, 1.165) is 4.90 Å². The van der Waals surface area contributed by atoms with Crippen LogP contribution in [0.4, 0.5) is 10.5 Å². The summed E-state index contributed by atoms with van der Waals surface area (Å²) in [6.07, 6.45) is -1.20. The van der Waals surface area contributed by atoms with Crippen molar-refractivity contribution >= 4 is 46.8 Å². The van der Waals surface area contributed by atoms with Crippen LogP contribution in [-0.2, 0) is 11.3 Å². The molecule has 0 fully saturated rings. The van der Waals surface area contributed by atoms with Gasteiger partial charge >= 0.3 is 6.09 Å². The summed E-state index contributed by atoms with van der Waals surface area (Å²) in [6.45, 7) is 1.39. The van der Waals surface area contributed by atoms with Gasteiger partial charge < -0.3 is 15.7 Å². The number of carbonyl (C=O) groups excluding carboxylic acids is 2. The van der Waals surface area contributed by atoms with Crippen LogP contribution in [0.3, 0.4) is 0 Å². The van der Waals surface area contributed by atoms with Crippen LogP contribution in [0.15, 0.2) is 18.2 Å². The standard InChI is InChI=1S/C18H16Cl2N4O4/c1-8-16(23(2)18(27)28)14(10-4-3-9(19)5-12(10)20)11-6-24(7-13(21)25)17(26)15(11)22-8/h3-5H,6-7H2,1-2H3,(H2,21,25)(H,27,28). The van der Waals surface area contributed by atoms with Crippen molar-refractivity contribution in [2.75, 3.05) is 18.5 Å². The summed E-state index contributed by atoms with van der Waals surface area (Å²) in [7, 11) is 1.38. The van der Waals surface area contributed by atoms with E-state index >= 15 is 0 Å². The second-order valence-corrected chi connectivity index (χ2v) is 7.18. The second kappa shape index (κ2) is 7.29. The van der Waals surface area contributed by atoms with Crippen LogP contribution in [0.5, 0.6) is 0 Å². The molecule has 3 amide bonds. The van der Waals surface area contributed by atoms with E-state index in [1.807, 2.05) is 0 Å². The lowest BCUT2D eigenvalue weighted by Crippen LogP contribution is -2.34. The monoisotopic (exact) mass is 422 g/mol. The Balaban J connectivity index is 2.32. The minimum atomic E-state index is -1.20. The summed E-state index contributed by atoms with van der Waals surface area (Å²) in [5.41, 5.74) is 7.43. The molecule has 0 aliphatic carbocycles. The maximum absolute atomic E-state index is 12.7. The van der Waals surface area contributed by atoms with Crippen LogP contribution in [0.25, 0.3) is 11.1 Å². The topological polar surface area (TPSA) is 117 Å². The fraction of sp³-hybridized carbons (Fsp3) is 0.222. The molecule has 0 spiro atoms. The molecular formula is C18H16Cl2N4O4. The highest BCUT2D eigenvalue weighted by Gasteiger charge is 2.36. The van der Waals surface area contributed by atoms with Crippen LogP contribution in [0.1, 0.15) is 21.7 Å². The van der Waals surface area contributed by atoms with Gasteiger partial charge in [0.1, 0.15) is 12.2 Å². The van der Waals surface area contributed by atoms with Gasteiger partial charge in [-0.15, -0.1) is 0 Å². The van der Waals surface area contributed by atoms with Gasteiger partial charge in [-0.25, -0.2) is 9.78 Å². The zero-order chi connectivity index (χ0) is 20.7. The Kier molecular flexibility index (Phi) is 5.18. The van der Waals surface area contributed by atoms with Crippen molar-refractivity contribution in [2.24, 2.45) is 5.73 Å². The van der Waals surface area contributed by atoms with Crippen molar-refractivity contribution < 1.29 is 19.5 Å². The van der Waals surface area contributed by atoms with Gasteiger partial charge in [0.15, 0.2) is 0 Å². The maximum atomic E-state index is 12.7. The van der Waals surface area contributed by atoms with E-state index in [0.29, 0.717) is 38.1 Å². The number of fused-ring (bicyclic) bond motifs is 1. The molecule has 1 aliphatic rings. The highest BCUT2D eigenvalue weighted by Crippen LogP contribution is 2.43. The first-order valence-corrected chi connectivity index (χ1v) is 8.90. The summed E-state index contributed by atoms with van der Waals surface area (Å²) < 4.78 is 0. The van der Waals surface area contributed by atoms with Crippen molar-refractivity contribution in [1.29, 1.82) is 0 Å². The van der Waals surface area contributed by atoms with E-state index < -0.39 is 17.9 Å². The predicted molar refractivity (Wildman–Crippen MR) is 105 cm³/mol. The number of anilines is 1. The summed E-state index contributed by atoms with van der Waals surface area (Å²) in [4.78, 5) is 42.3. The summed E-state index contributed by atoms with van der Waals surface area (Å²) in [5.74, 6) is -1.11. The molecule has 10 heteroatoms. The van der Waals surface area contributed by atoms with Crippen LogP contribution >= 0.6 is 23.2 Å². The van der Waals surface area contributed by atoms with E-state index in [-0.39, 0.29) is 18.8 Å². The first kappa shape index (κ1) is 19.9. The summed E-state index contributed by atoms with van der Waals surface area (Å²) in [6, 6.07) is 4.80. The lowest BCUT2D eigenvalue weighted by atomic mass is 9.96. The van der Waals surface area contributed by atoms with Gasteiger partial charge in [0, 0.05) is 40.3 Å². The largest absolute Gasteiger partial charge is 0.465 e. The Morgan fingerprint density at radius 3 is 2.61 bits per heavy atom. The van der Waals surface area contributed by atoms with Crippen molar-refractivity contribution in [3.63, 3.8) is 0 Å². The molecule has 0 saturated heterocycles. The molecule has 146 valence electrons. The van der Waals surface area contributed by atoms with E-state index in [9.17, 15) is 19.5 Å². The molecule has 0 saturated carbocycles. The molecule has 1 aromatic heterocycles. The molecular weight excluding hydrogens is 407 g/mol. The molecule has 2 aromatic rings. The number of carboxylic acid groups (broad SMARTS) is 1. The normalized spacial score (nSPS) is 12.9. The highest BCUT2D eigenvalue weighted by molar-refractivity contribution is 6.36. The Morgan fingerprint density at radius 2 is 2.04 bits per heavy atom. The molecule has 8 nitrogen and oxygen atoms in total.